The van der Waals surface area contributed by atoms with Gasteiger partial charge in [-0.2, -0.15) is 0 Å². The van der Waals surface area contributed by atoms with Gasteiger partial charge in [-0.15, -0.1) is 0 Å². The van der Waals surface area contributed by atoms with Crippen LogP contribution in [0.3, 0.4) is 0 Å². The van der Waals surface area contributed by atoms with Crippen molar-refractivity contribution in [3.05, 3.63) is 51.1 Å². The molecule has 2 aliphatic carbocycles. The number of thiazole rings is 1. The molecule has 0 spiro atoms. The first kappa shape index (κ1) is 12.1. The summed E-state index contributed by atoms with van der Waals surface area (Å²) in [6.07, 6.45) is 5.12. The number of aromatic hydroxyl groups is 2. The molecule has 0 saturated carbocycles. The predicted molar refractivity (Wildman–Crippen MR) is 84.3 cm³/mol. The number of allylic oxidation sites excluding steroid dienone is 2. The summed E-state index contributed by atoms with van der Waals surface area (Å²) in [5.74, 6) is 0.580. The Bertz CT molecular complexity index is 989. The first-order valence-electron chi connectivity index (χ1n) is 7.11. The molecule has 2 aromatic heterocycles. The minimum Gasteiger partial charge on any atom is -0.494 e. The van der Waals surface area contributed by atoms with E-state index in [1.807, 2.05) is 6.07 Å². The number of H-pyrrole nitrogens is 1. The third-order valence-electron chi connectivity index (χ3n) is 4.68. The van der Waals surface area contributed by atoms with Crippen molar-refractivity contribution < 1.29 is 10.2 Å². The number of fused-ring (bicyclic) bond motifs is 6. The van der Waals surface area contributed by atoms with Crippen LogP contribution in [0.25, 0.3) is 15.9 Å². The van der Waals surface area contributed by atoms with Crippen molar-refractivity contribution in [2.45, 2.75) is 18.3 Å². The van der Waals surface area contributed by atoms with Crippen LogP contribution in [-0.4, -0.2) is 19.8 Å². The minimum atomic E-state index is -0.113. The van der Waals surface area contributed by atoms with Crippen molar-refractivity contribution in [1.29, 1.82) is 0 Å². The highest BCUT2D eigenvalue weighted by atomic mass is 32.1. The fourth-order valence-corrected chi connectivity index (χ4v) is 4.48. The Morgan fingerprint density at radius 3 is 2.50 bits per heavy atom. The Balaban J connectivity index is 1.77. The number of benzene rings is 1. The van der Waals surface area contributed by atoms with Crippen LogP contribution in [-0.2, 0) is 0 Å². The highest BCUT2D eigenvalue weighted by Crippen LogP contribution is 2.57. The summed E-state index contributed by atoms with van der Waals surface area (Å²) in [4.78, 5) is 14.1. The van der Waals surface area contributed by atoms with Crippen LogP contribution in [0.1, 0.15) is 29.4 Å². The zero-order chi connectivity index (χ0) is 15.0. The first-order chi connectivity index (χ1) is 10.6. The second-order valence-electron chi connectivity index (χ2n) is 5.84. The van der Waals surface area contributed by atoms with Crippen molar-refractivity contribution >= 4 is 21.6 Å². The summed E-state index contributed by atoms with van der Waals surface area (Å²) in [5.41, 5.74) is 3.03. The third-order valence-corrected chi connectivity index (χ3v) is 5.54. The molecule has 0 amide bonds. The number of aromatic amines is 1. The molecule has 6 heteroatoms. The summed E-state index contributed by atoms with van der Waals surface area (Å²) in [7, 11) is 0. The molecule has 3 N–H and O–H groups in total. The largest absolute Gasteiger partial charge is 0.494 e. The van der Waals surface area contributed by atoms with Gasteiger partial charge in [-0.05, 0) is 24.6 Å². The molecular formula is C16H12N2O3S. The van der Waals surface area contributed by atoms with E-state index >= 15 is 0 Å². The second kappa shape index (κ2) is 3.84. The van der Waals surface area contributed by atoms with Crippen molar-refractivity contribution in [1.82, 2.24) is 9.55 Å². The number of nitrogens with zero attached hydrogens (tertiary/aromatic N) is 1. The van der Waals surface area contributed by atoms with Gasteiger partial charge in [0.2, 0.25) is 11.8 Å². The minimum absolute atomic E-state index is 0.0984. The lowest BCUT2D eigenvalue weighted by atomic mass is 10.0. The summed E-state index contributed by atoms with van der Waals surface area (Å²) in [5, 5.41) is 21.2. The van der Waals surface area contributed by atoms with Gasteiger partial charge in [0.15, 0.2) is 0 Å². The van der Waals surface area contributed by atoms with Gasteiger partial charge in [-0.25, -0.2) is 0 Å². The van der Waals surface area contributed by atoms with Gasteiger partial charge in [-0.3, -0.25) is 9.36 Å². The van der Waals surface area contributed by atoms with Gasteiger partial charge in [0.05, 0.1) is 15.9 Å². The summed E-state index contributed by atoms with van der Waals surface area (Å²) >= 11 is 1.14. The second-order valence-corrected chi connectivity index (χ2v) is 6.85. The predicted octanol–water partition coefficient (Wildman–Crippen LogP) is 2.93. The number of hydrogen-bond acceptors (Lipinski definition) is 4. The number of hydrogen-bond donors (Lipinski definition) is 3. The monoisotopic (exact) mass is 312 g/mol. The maximum Gasteiger partial charge on any atom is 0.305 e. The molecule has 0 fully saturated rings. The van der Waals surface area contributed by atoms with Crippen molar-refractivity contribution in [2.75, 3.05) is 0 Å². The van der Waals surface area contributed by atoms with Crippen molar-refractivity contribution in [3.63, 3.8) is 0 Å². The average Bonchev–Trinajstić information content (AvgIpc) is 3.21. The molecule has 2 unspecified atom stereocenters. The van der Waals surface area contributed by atoms with E-state index in [-0.39, 0.29) is 28.5 Å². The molecule has 2 heterocycles. The van der Waals surface area contributed by atoms with Gasteiger partial charge in [-0.1, -0.05) is 23.5 Å². The SMILES string of the molecule is O=c1[nH]c2cc(-n3c(O)c4c(c3O)C3C=CC4C3)ccc2s1. The van der Waals surface area contributed by atoms with E-state index < -0.39 is 0 Å². The molecule has 3 aromatic rings. The molecule has 2 aliphatic rings. The Kier molecular flexibility index (Phi) is 2.11. The van der Waals surface area contributed by atoms with E-state index in [2.05, 4.69) is 17.1 Å². The van der Waals surface area contributed by atoms with Crippen LogP contribution >= 0.6 is 11.3 Å². The summed E-state index contributed by atoms with van der Waals surface area (Å²) in [6.45, 7) is 0. The van der Waals surface area contributed by atoms with Crippen LogP contribution in [0.15, 0.2) is 35.1 Å². The molecule has 2 atom stereocenters. The molecule has 2 bridgehead atoms. The molecule has 110 valence electrons. The molecule has 0 radical (unpaired) electrons. The zero-order valence-corrected chi connectivity index (χ0v) is 12.2. The molecule has 5 rings (SSSR count). The zero-order valence-electron chi connectivity index (χ0n) is 11.4. The van der Waals surface area contributed by atoms with E-state index in [0.29, 0.717) is 11.2 Å². The number of aromatic nitrogens is 2. The Morgan fingerprint density at radius 1 is 1.14 bits per heavy atom. The molecule has 0 saturated heterocycles. The molecule has 0 aliphatic heterocycles. The standard InChI is InChI=1S/C16H12N2O3S/c19-14-12-7-1-2-8(5-7)13(12)15(20)18(14)9-3-4-11-10(6-9)17-16(21)22-11/h1-4,6-8,19-20H,5H2,(H,17,21). The van der Waals surface area contributed by atoms with E-state index in [4.69, 9.17) is 0 Å². The maximum absolute atomic E-state index is 11.4. The fraction of sp³-hybridized carbons (Fsp3) is 0.188. The third kappa shape index (κ3) is 1.35. The van der Waals surface area contributed by atoms with Gasteiger partial charge in [0.1, 0.15) is 0 Å². The topological polar surface area (TPSA) is 78.2 Å². The van der Waals surface area contributed by atoms with Crippen LogP contribution in [0, 0.1) is 0 Å². The fourth-order valence-electron chi connectivity index (χ4n) is 3.76. The molecule has 22 heavy (non-hydrogen) atoms. The number of nitrogens with one attached hydrogen (secondary N) is 1. The highest BCUT2D eigenvalue weighted by molar-refractivity contribution is 7.16. The van der Waals surface area contributed by atoms with E-state index in [1.165, 1.54) is 4.57 Å². The van der Waals surface area contributed by atoms with Crippen molar-refractivity contribution in [2.24, 2.45) is 0 Å². The lowest BCUT2D eigenvalue weighted by molar-refractivity contribution is 0.395. The summed E-state index contributed by atoms with van der Waals surface area (Å²) in [6, 6.07) is 5.40. The van der Waals surface area contributed by atoms with Gasteiger partial charge in [0.25, 0.3) is 0 Å². The lowest BCUT2D eigenvalue weighted by Gasteiger charge is -2.09. The van der Waals surface area contributed by atoms with Crippen LogP contribution < -0.4 is 4.87 Å². The molecule has 5 nitrogen and oxygen atoms in total. The summed E-state index contributed by atoms with van der Waals surface area (Å²) < 4.78 is 2.32. The molecule has 1 aromatic carbocycles. The Labute approximate surface area is 128 Å². The van der Waals surface area contributed by atoms with Gasteiger partial charge in [0, 0.05) is 23.0 Å². The van der Waals surface area contributed by atoms with Crippen LogP contribution in [0.4, 0.5) is 0 Å². The van der Waals surface area contributed by atoms with Crippen molar-refractivity contribution in [3.8, 4) is 17.4 Å². The normalized spacial score (nSPS) is 21.8. The maximum atomic E-state index is 11.4. The van der Waals surface area contributed by atoms with E-state index in [9.17, 15) is 15.0 Å². The van der Waals surface area contributed by atoms with Gasteiger partial charge < -0.3 is 15.2 Å². The number of rotatable bonds is 1. The molecular weight excluding hydrogens is 300 g/mol. The van der Waals surface area contributed by atoms with Gasteiger partial charge >= 0.3 is 4.87 Å². The Morgan fingerprint density at radius 2 is 1.82 bits per heavy atom. The quantitative estimate of drug-likeness (QED) is 0.605. The smallest absolute Gasteiger partial charge is 0.305 e. The highest BCUT2D eigenvalue weighted by Gasteiger charge is 2.41. The first-order valence-corrected chi connectivity index (χ1v) is 7.93. The van der Waals surface area contributed by atoms with Crippen LogP contribution in [0.2, 0.25) is 0 Å². The van der Waals surface area contributed by atoms with Crippen LogP contribution in [0.5, 0.6) is 11.8 Å². The Hall–Kier alpha value is -2.47. The average molecular weight is 312 g/mol. The lowest BCUT2D eigenvalue weighted by Crippen LogP contribution is -1.96. The van der Waals surface area contributed by atoms with E-state index in [1.54, 1.807) is 12.1 Å². The van der Waals surface area contributed by atoms with E-state index in [0.717, 1.165) is 33.6 Å².